The molecule has 3 rings (SSSR count). The number of carbonyl (C=O) groups excluding carboxylic acids is 1. The highest BCUT2D eigenvalue weighted by Crippen LogP contribution is 2.35. The van der Waals surface area contributed by atoms with Crippen LogP contribution in [0.15, 0.2) is 42.5 Å². The Morgan fingerprint density at radius 2 is 1.79 bits per heavy atom. The van der Waals surface area contributed by atoms with Crippen molar-refractivity contribution in [1.82, 2.24) is 4.90 Å². The first-order chi connectivity index (χ1) is 13.7. The Balaban J connectivity index is 1.78. The minimum Gasteiger partial charge on any atom is -0.497 e. The van der Waals surface area contributed by atoms with Crippen LogP contribution in [-0.2, 0) is 0 Å². The van der Waals surface area contributed by atoms with Gasteiger partial charge in [-0.1, -0.05) is 12.1 Å². The van der Waals surface area contributed by atoms with Gasteiger partial charge in [-0.05, 0) is 56.5 Å². The fourth-order valence-electron chi connectivity index (χ4n) is 3.51. The van der Waals surface area contributed by atoms with E-state index in [0.717, 1.165) is 30.7 Å². The van der Waals surface area contributed by atoms with Gasteiger partial charge in [0.05, 0.1) is 32.1 Å². The number of methoxy groups -OCH3 is 1. The van der Waals surface area contributed by atoms with Crippen LogP contribution in [0.25, 0.3) is 0 Å². The number of hydrogen-bond donors (Lipinski definition) is 1. The van der Waals surface area contributed by atoms with Crippen LogP contribution in [0.4, 0.5) is 10.5 Å². The number of likely N-dealkylation sites (tertiary alicyclic amines) is 1. The highest BCUT2D eigenvalue weighted by Gasteiger charge is 2.30. The maximum absolute atomic E-state index is 13.0. The Labute approximate surface area is 166 Å². The third-order valence-corrected chi connectivity index (χ3v) is 4.82. The van der Waals surface area contributed by atoms with Crippen LogP contribution in [0.1, 0.15) is 38.3 Å². The van der Waals surface area contributed by atoms with Gasteiger partial charge in [0.25, 0.3) is 0 Å². The average Bonchev–Trinajstić information content (AvgIpc) is 3.20. The second kappa shape index (κ2) is 9.35. The van der Waals surface area contributed by atoms with E-state index in [1.54, 1.807) is 7.11 Å². The van der Waals surface area contributed by atoms with Crippen molar-refractivity contribution in [3.63, 3.8) is 0 Å². The second-order valence-electron chi connectivity index (χ2n) is 6.58. The summed E-state index contributed by atoms with van der Waals surface area (Å²) in [5, 5.41) is 3.02. The van der Waals surface area contributed by atoms with E-state index in [0.29, 0.717) is 30.4 Å². The molecule has 0 aromatic heterocycles. The minimum atomic E-state index is -0.132. The van der Waals surface area contributed by atoms with Gasteiger partial charge in [0.15, 0.2) is 0 Å². The third kappa shape index (κ3) is 4.50. The summed E-state index contributed by atoms with van der Waals surface area (Å²) in [7, 11) is 1.65. The molecule has 0 saturated carbocycles. The molecule has 28 heavy (non-hydrogen) atoms. The second-order valence-corrected chi connectivity index (χ2v) is 6.58. The number of amides is 2. The molecule has 2 amide bonds. The maximum Gasteiger partial charge on any atom is 0.322 e. The number of nitrogens with one attached hydrogen (secondary N) is 1. The molecule has 1 heterocycles. The molecule has 0 bridgehead atoms. The topological polar surface area (TPSA) is 60.0 Å². The Kier molecular flexibility index (Phi) is 6.63. The zero-order chi connectivity index (χ0) is 19.9. The van der Waals surface area contributed by atoms with E-state index in [2.05, 4.69) is 5.32 Å². The molecule has 2 aromatic carbocycles. The predicted octanol–water partition coefficient (Wildman–Crippen LogP) is 4.86. The van der Waals surface area contributed by atoms with E-state index < -0.39 is 0 Å². The summed E-state index contributed by atoms with van der Waals surface area (Å²) in [6, 6.07) is 13.3. The Hall–Kier alpha value is -2.89. The number of nitrogens with zero attached hydrogens (tertiary/aromatic N) is 1. The summed E-state index contributed by atoms with van der Waals surface area (Å²) in [6.45, 7) is 5.65. The molecule has 2 aromatic rings. The number of carbonyl (C=O) groups is 1. The molecule has 6 nitrogen and oxygen atoms in total. The number of rotatable bonds is 7. The molecule has 1 N–H and O–H groups in total. The molecule has 0 unspecified atom stereocenters. The fraction of sp³-hybridized carbons (Fsp3) is 0.409. The number of hydrogen-bond acceptors (Lipinski definition) is 4. The molecule has 0 radical (unpaired) electrons. The summed E-state index contributed by atoms with van der Waals surface area (Å²) >= 11 is 0. The van der Waals surface area contributed by atoms with Crippen molar-refractivity contribution in [3.8, 4) is 17.2 Å². The van der Waals surface area contributed by atoms with Crippen LogP contribution < -0.4 is 19.5 Å². The van der Waals surface area contributed by atoms with E-state index in [4.69, 9.17) is 14.2 Å². The lowest BCUT2D eigenvalue weighted by atomic mass is 10.0. The van der Waals surface area contributed by atoms with Crippen LogP contribution in [0.3, 0.4) is 0 Å². The largest absolute Gasteiger partial charge is 0.497 e. The highest BCUT2D eigenvalue weighted by atomic mass is 16.5. The first-order valence-electron chi connectivity index (χ1n) is 9.77. The van der Waals surface area contributed by atoms with Crippen LogP contribution in [-0.4, -0.2) is 37.8 Å². The zero-order valence-electron chi connectivity index (χ0n) is 16.7. The first kappa shape index (κ1) is 19.9. The van der Waals surface area contributed by atoms with Gasteiger partial charge >= 0.3 is 6.03 Å². The van der Waals surface area contributed by atoms with Gasteiger partial charge in [-0.25, -0.2) is 4.79 Å². The molecule has 0 spiro atoms. The number of ether oxygens (including phenoxy) is 3. The fourth-order valence-corrected chi connectivity index (χ4v) is 3.51. The first-order valence-corrected chi connectivity index (χ1v) is 9.77. The van der Waals surface area contributed by atoms with Crippen molar-refractivity contribution < 1.29 is 19.0 Å². The van der Waals surface area contributed by atoms with E-state index in [1.165, 1.54) is 0 Å². The highest BCUT2D eigenvalue weighted by molar-refractivity contribution is 5.91. The van der Waals surface area contributed by atoms with Crippen molar-refractivity contribution in [2.45, 2.75) is 32.7 Å². The van der Waals surface area contributed by atoms with Gasteiger partial charge in [-0.3, -0.25) is 0 Å². The quantitative estimate of drug-likeness (QED) is 0.740. The Morgan fingerprint density at radius 3 is 2.46 bits per heavy atom. The van der Waals surface area contributed by atoms with Crippen LogP contribution >= 0.6 is 0 Å². The average molecular weight is 384 g/mol. The molecule has 0 aliphatic carbocycles. The Morgan fingerprint density at radius 1 is 1.07 bits per heavy atom. The van der Waals surface area contributed by atoms with Gasteiger partial charge in [0, 0.05) is 12.6 Å². The predicted molar refractivity (Wildman–Crippen MR) is 109 cm³/mol. The molecule has 1 atom stereocenters. The van der Waals surface area contributed by atoms with Crippen LogP contribution in [0.2, 0.25) is 0 Å². The van der Waals surface area contributed by atoms with Crippen LogP contribution in [0.5, 0.6) is 17.2 Å². The van der Waals surface area contributed by atoms with Crippen molar-refractivity contribution in [2.24, 2.45) is 0 Å². The molecule has 1 fully saturated rings. The lowest BCUT2D eigenvalue weighted by molar-refractivity contribution is 0.207. The van der Waals surface area contributed by atoms with E-state index in [9.17, 15) is 4.79 Å². The summed E-state index contributed by atoms with van der Waals surface area (Å²) in [5.41, 5.74) is 1.74. The summed E-state index contributed by atoms with van der Waals surface area (Å²) in [5.74, 6) is 2.15. The van der Waals surface area contributed by atoms with Gasteiger partial charge in [0.1, 0.15) is 17.2 Å². The van der Waals surface area contributed by atoms with E-state index in [1.807, 2.05) is 61.2 Å². The normalized spacial score (nSPS) is 16.0. The lowest BCUT2D eigenvalue weighted by Crippen LogP contribution is -2.34. The smallest absolute Gasteiger partial charge is 0.322 e. The standard InChI is InChI=1S/C22H28N2O4/c1-4-27-18-12-13-21(28-5-2)19(15-18)23-22(25)24-14-6-7-20(24)16-8-10-17(26-3)11-9-16/h8-13,15,20H,4-7,14H2,1-3H3,(H,23,25)/t20-/m1/s1. The van der Waals surface area contributed by atoms with Gasteiger partial charge < -0.3 is 24.4 Å². The van der Waals surface area contributed by atoms with E-state index in [-0.39, 0.29) is 12.1 Å². The maximum atomic E-state index is 13.0. The lowest BCUT2D eigenvalue weighted by Gasteiger charge is -2.26. The molecule has 1 aliphatic rings. The molecule has 6 heteroatoms. The number of anilines is 1. The molecular weight excluding hydrogens is 356 g/mol. The molecule has 1 saturated heterocycles. The number of urea groups is 1. The monoisotopic (exact) mass is 384 g/mol. The Bertz CT molecular complexity index is 792. The van der Waals surface area contributed by atoms with Gasteiger partial charge in [0.2, 0.25) is 0 Å². The minimum absolute atomic E-state index is 0.0523. The SMILES string of the molecule is CCOc1ccc(OCC)c(NC(=O)N2CCC[C@@H]2c2ccc(OC)cc2)c1. The van der Waals surface area contributed by atoms with Gasteiger partial charge in [-0.2, -0.15) is 0 Å². The third-order valence-electron chi connectivity index (χ3n) is 4.82. The van der Waals surface area contributed by atoms with E-state index >= 15 is 0 Å². The number of benzene rings is 2. The van der Waals surface area contributed by atoms with Crippen molar-refractivity contribution >= 4 is 11.7 Å². The summed E-state index contributed by atoms with van der Waals surface area (Å²) in [6.07, 6.45) is 1.92. The van der Waals surface area contributed by atoms with Crippen molar-refractivity contribution in [3.05, 3.63) is 48.0 Å². The van der Waals surface area contributed by atoms with Crippen LogP contribution in [0, 0.1) is 0 Å². The molecular formula is C22H28N2O4. The molecule has 1 aliphatic heterocycles. The van der Waals surface area contributed by atoms with Crippen molar-refractivity contribution in [2.75, 3.05) is 32.2 Å². The zero-order valence-corrected chi connectivity index (χ0v) is 16.7. The molecule has 150 valence electrons. The summed E-state index contributed by atoms with van der Waals surface area (Å²) < 4.78 is 16.5. The van der Waals surface area contributed by atoms with Crippen molar-refractivity contribution in [1.29, 1.82) is 0 Å². The summed E-state index contributed by atoms with van der Waals surface area (Å²) in [4.78, 5) is 14.9. The van der Waals surface area contributed by atoms with Gasteiger partial charge in [-0.15, -0.1) is 0 Å².